The molecule has 0 aromatic heterocycles. The molecular formula is C15H12INO4. The summed E-state index contributed by atoms with van der Waals surface area (Å²) in [4.78, 5) is 23.3. The van der Waals surface area contributed by atoms with Crippen molar-refractivity contribution in [3.63, 3.8) is 0 Å². The predicted octanol–water partition coefficient (Wildman–Crippen LogP) is 2.79. The van der Waals surface area contributed by atoms with Gasteiger partial charge in [-0.3, -0.25) is 4.79 Å². The van der Waals surface area contributed by atoms with Gasteiger partial charge in [0.15, 0.2) is 6.61 Å². The van der Waals surface area contributed by atoms with Crippen molar-refractivity contribution in [2.75, 3.05) is 11.9 Å². The number of hydrogen-bond donors (Lipinski definition) is 2. The molecule has 21 heavy (non-hydrogen) atoms. The second-order valence-corrected chi connectivity index (χ2v) is 5.43. The highest BCUT2D eigenvalue weighted by Crippen LogP contribution is 2.13. The van der Waals surface area contributed by atoms with Gasteiger partial charge in [0.1, 0.15) is 5.75 Å². The molecule has 0 spiro atoms. The van der Waals surface area contributed by atoms with Gasteiger partial charge in [0.25, 0.3) is 5.91 Å². The Labute approximate surface area is 135 Å². The fraction of sp³-hybridized carbons (Fsp3) is 0.0667. The third kappa shape index (κ3) is 4.75. The number of nitrogens with one attached hydrogen (secondary N) is 1. The largest absolute Gasteiger partial charge is 0.508 e. The zero-order valence-electron chi connectivity index (χ0n) is 10.9. The van der Waals surface area contributed by atoms with E-state index in [1.165, 1.54) is 24.3 Å². The molecule has 2 aromatic carbocycles. The molecule has 0 saturated heterocycles. The lowest BCUT2D eigenvalue weighted by Crippen LogP contribution is -2.20. The van der Waals surface area contributed by atoms with E-state index in [0.717, 1.165) is 3.57 Å². The molecule has 0 saturated carbocycles. The molecule has 0 unspecified atom stereocenters. The molecule has 2 rings (SSSR count). The molecule has 0 atom stereocenters. The van der Waals surface area contributed by atoms with E-state index in [-0.39, 0.29) is 17.9 Å². The number of anilines is 1. The fourth-order valence-corrected chi connectivity index (χ4v) is 1.94. The minimum Gasteiger partial charge on any atom is -0.508 e. The quantitative estimate of drug-likeness (QED) is 0.615. The minimum atomic E-state index is -0.663. The van der Waals surface area contributed by atoms with E-state index >= 15 is 0 Å². The Bertz CT molecular complexity index is 655. The Balaban J connectivity index is 1.86. The number of amides is 1. The molecule has 0 bridgehead atoms. The molecule has 0 fully saturated rings. The van der Waals surface area contributed by atoms with Crippen LogP contribution in [0, 0.1) is 3.57 Å². The van der Waals surface area contributed by atoms with Gasteiger partial charge in [0.2, 0.25) is 0 Å². The first-order valence-electron chi connectivity index (χ1n) is 6.06. The first kappa shape index (κ1) is 15.3. The van der Waals surface area contributed by atoms with Crippen LogP contribution < -0.4 is 5.32 Å². The summed E-state index contributed by atoms with van der Waals surface area (Å²) in [5.74, 6) is -1.12. The zero-order chi connectivity index (χ0) is 15.2. The number of phenols is 1. The average molecular weight is 397 g/mol. The van der Waals surface area contributed by atoms with Crippen molar-refractivity contribution >= 4 is 40.2 Å². The lowest BCUT2D eigenvalue weighted by molar-refractivity contribution is -0.119. The van der Waals surface area contributed by atoms with Gasteiger partial charge in [-0.15, -0.1) is 0 Å². The summed E-state index contributed by atoms with van der Waals surface area (Å²) in [6.07, 6.45) is 0. The first-order chi connectivity index (χ1) is 10.0. The van der Waals surface area contributed by atoms with Crippen LogP contribution >= 0.6 is 22.6 Å². The molecule has 0 radical (unpaired) electrons. The van der Waals surface area contributed by atoms with E-state index in [2.05, 4.69) is 27.9 Å². The van der Waals surface area contributed by atoms with E-state index in [0.29, 0.717) is 5.69 Å². The maximum Gasteiger partial charge on any atom is 0.338 e. The summed E-state index contributed by atoms with van der Waals surface area (Å²) in [5, 5.41) is 11.9. The predicted molar refractivity (Wildman–Crippen MR) is 86.2 cm³/mol. The summed E-state index contributed by atoms with van der Waals surface area (Å²) in [5.41, 5.74) is 0.825. The van der Waals surface area contributed by atoms with E-state index in [1.54, 1.807) is 12.1 Å². The Morgan fingerprint density at radius 1 is 1.14 bits per heavy atom. The van der Waals surface area contributed by atoms with Crippen molar-refractivity contribution in [3.05, 3.63) is 57.7 Å². The number of benzene rings is 2. The van der Waals surface area contributed by atoms with Gasteiger partial charge in [-0.25, -0.2) is 4.79 Å². The van der Waals surface area contributed by atoms with E-state index < -0.39 is 11.9 Å². The van der Waals surface area contributed by atoms with Crippen molar-refractivity contribution in [1.82, 2.24) is 0 Å². The lowest BCUT2D eigenvalue weighted by atomic mass is 10.2. The number of aromatic hydroxyl groups is 1. The number of esters is 1. The minimum absolute atomic E-state index is 0.0345. The van der Waals surface area contributed by atoms with Gasteiger partial charge in [0.05, 0.1) is 5.56 Å². The van der Waals surface area contributed by atoms with Crippen LogP contribution in [0.25, 0.3) is 0 Å². The third-order valence-corrected chi connectivity index (χ3v) is 3.26. The monoisotopic (exact) mass is 397 g/mol. The van der Waals surface area contributed by atoms with Gasteiger partial charge in [-0.05, 0) is 65.1 Å². The molecule has 108 valence electrons. The van der Waals surface area contributed by atoms with Crippen LogP contribution in [0.3, 0.4) is 0 Å². The van der Waals surface area contributed by atoms with E-state index in [9.17, 15) is 14.7 Å². The Morgan fingerprint density at radius 2 is 1.86 bits per heavy atom. The van der Waals surface area contributed by atoms with Crippen molar-refractivity contribution in [1.29, 1.82) is 0 Å². The van der Waals surface area contributed by atoms with Crippen molar-refractivity contribution in [3.8, 4) is 5.75 Å². The molecule has 0 aliphatic carbocycles. The molecule has 0 aliphatic rings. The van der Waals surface area contributed by atoms with Crippen molar-refractivity contribution < 1.29 is 19.4 Å². The lowest BCUT2D eigenvalue weighted by Gasteiger charge is -2.07. The highest BCUT2D eigenvalue weighted by atomic mass is 127. The maximum absolute atomic E-state index is 11.7. The summed E-state index contributed by atoms with van der Waals surface area (Å²) in [6.45, 7) is -0.388. The standard InChI is InChI=1S/C15H12INO4/c16-11-4-6-12(7-5-11)17-14(19)9-21-15(20)10-2-1-3-13(18)8-10/h1-8,18H,9H2,(H,17,19). The van der Waals surface area contributed by atoms with E-state index in [1.807, 2.05) is 12.1 Å². The summed E-state index contributed by atoms with van der Waals surface area (Å²) >= 11 is 2.16. The Morgan fingerprint density at radius 3 is 2.52 bits per heavy atom. The molecule has 2 aromatic rings. The second-order valence-electron chi connectivity index (χ2n) is 4.18. The fourth-order valence-electron chi connectivity index (χ4n) is 1.58. The van der Waals surface area contributed by atoms with Gasteiger partial charge in [-0.2, -0.15) is 0 Å². The Hall–Kier alpha value is -2.09. The van der Waals surface area contributed by atoms with Crippen LogP contribution in [0.4, 0.5) is 5.69 Å². The van der Waals surface area contributed by atoms with Gasteiger partial charge >= 0.3 is 5.97 Å². The molecule has 5 nitrogen and oxygen atoms in total. The number of hydrogen-bond acceptors (Lipinski definition) is 4. The first-order valence-corrected chi connectivity index (χ1v) is 7.14. The molecular weight excluding hydrogens is 385 g/mol. The number of halogens is 1. The Kier molecular flexibility index (Phi) is 5.15. The summed E-state index contributed by atoms with van der Waals surface area (Å²) in [6, 6.07) is 13.0. The van der Waals surface area contributed by atoms with Crippen molar-refractivity contribution in [2.24, 2.45) is 0 Å². The highest BCUT2D eigenvalue weighted by Gasteiger charge is 2.10. The molecule has 2 N–H and O–H groups in total. The number of ether oxygens (including phenoxy) is 1. The SMILES string of the molecule is O=C(COC(=O)c1cccc(O)c1)Nc1ccc(I)cc1. The summed E-state index contributed by atoms with van der Waals surface area (Å²) < 4.78 is 5.93. The van der Waals surface area contributed by atoms with Crippen LogP contribution in [0.2, 0.25) is 0 Å². The van der Waals surface area contributed by atoms with Crippen LogP contribution in [0.1, 0.15) is 10.4 Å². The van der Waals surface area contributed by atoms with Gasteiger partial charge in [-0.1, -0.05) is 6.07 Å². The van der Waals surface area contributed by atoms with Gasteiger partial charge < -0.3 is 15.2 Å². The van der Waals surface area contributed by atoms with Crippen LogP contribution in [0.15, 0.2) is 48.5 Å². The number of phenolic OH excluding ortho intramolecular Hbond substituents is 1. The van der Waals surface area contributed by atoms with Crippen LogP contribution in [-0.4, -0.2) is 23.6 Å². The molecule has 6 heteroatoms. The normalized spacial score (nSPS) is 9.95. The summed E-state index contributed by atoms with van der Waals surface area (Å²) in [7, 11) is 0. The van der Waals surface area contributed by atoms with Crippen LogP contribution in [-0.2, 0) is 9.53 Å². The van der Waals surface area contributed by atoms with Crippen LogP contribution in [0.5, 0.6) is 5.75 Å². The number of carbonyl (C=O) groups excluding carboxylic acids is 2. The zero-order valence-corrected chi connectivity index (χ0v) is 13.0. The average Bonchev–Trinajstić information content (AvgIpc) is 2.47. The third-order valence-electron chi connectivity index (χ3n) is 2.54. The topological polar surface area (TPSA) is 75.6 Å². The number of rotatable bonds is 4. The molecule has 0 aliphatic heterocycles. The number of carbonyl (C=O) groups is 2. The van der Waals surface area contributed by atoms with E-state index in [4.69, 9.17) is 4.74 Å². The van der Waals surface area contributed by atoms with Crippen molar-refractivity contribution in [2.45, 2.75) is 0 Å². The maximum atomic E-state index is 11.7. The smallest absolute Gasteiger partial charge is 0.338 e. The van der Waals surface area contributed by atoms with Gasteiger partial charge in [0, 0.05) is 9.26 Å². The second kappa shape index (κ2) is 7.07. The molecule has 0 heterocycles. The highest BCUT2D eigenvalue weighted by molar-refractivity contribution is 14.1. The molecule has 1 amide bonds.